The third kappa shape index (κ3) is 4.46. The highest BCUT2D eigenvalue weighted by Gasteiger charge is 2.15. The number of rotatable bonds is 6. The van der Waals surface area contributed by atoms with Gasteiger partial charge in [-0.15, -0.1) is 0 Å². The Morgan fingerprint density at radius 3 is 2.60 bits per heavy atom. The van der Waals surface area contributed by atoms with E-state index < -0.39 is 5.97 Å². The Labute approximate surface area is 118 Å². The molecule has 0 fully saturated rings. The molecule has 0 spiro atoms. The lowest BCUT2D eigenvalue weighted by Crippen LogP contribution is -2.23. The molecule has 1 aromatic rings. The van der Waals surface area contributed by atoms with Crippen molar-refractivity contribution in [2.45, 2.75) is 13.3 Å². The zero-order valence-electron chi connectivity index (χ0n) is 12.0. The first-order valence-electron chi connectivity index (χ1n) is 6.35. The van der Waals surface area contributed by atoms with Crippen LogP contribution in [-0.2, 0) is 9.53 Å². The lowest BCUT2D eigenvalue weighted by atomic mass is 10.2. The number of esters is 1. The van der Waals surface area contributed by atoms with Crippen molar-refractivity contribution in [2.75, 3.05) is 33.0 Å². The van der Waals surface area contributed by atoms with Gasteiger partial charge < -0.3 is 20.1 Å². The van der Waals surface area contributed by atoms with Gasteiger partial charge >= 0.3 is 5.97 Å². The van der Waals surface area contributed by atoms with Crippen molar-refractivity contribution in [3.63, 3.8) is 0 Å². The Hall–Kier alpha value is -2.24. The van der Waals surface area contributed by atoms with Crippen LogP contribution in [0.2, 0.25) is 0 Å². The van der Waals surface area contributed by atoms with Gasteiger partial charge in [0.25, 0.3) is 0 Å². The highest BCUT2D eigenvalue weighted by atomic mass is 16.5. The summed E-state index contributed by atoms with van der Waals surface area (Å²) in [5, 5.41) is 0. The number of carbonyl (C=O) groups is 2. The SMILES string of the molecule is CCOC(=O)c1cc(N)ccc1OCCC(=O)N(C)C. The fourth-order valence-electron chi connectivity index (χ4n) is 1.51. The molecule has 0 radical (unpaired) electrons. The number of benzene rings is 1. The average molecular weight is 280 g/mol. The summed E-state index contributed by atoms with van der Waals surface area (Å²) >= 11 is 0. The average Bonchev–Trinajstić information content (AvgIpc) is 2.40. The lowest BCUT2D eigenvalue weighted by molar-refractivity contribution is -0.129. The number of nitrogen functional groups attached to an aromatic ring is 1. The molecule has 0 aliphatic carbocycles. The second-order valence-corrected chi connectivity index (χ2v) is 4.36. The van der Waals surface area contributed by atoms with E-state index in [1.54, 1.807) is 33.2 Å². The number of hydrogen-bond acceptors (Lipinski definition) is 5. The van der Waals surface area contributed by atoms with Gasteiger partial charge in [0.1, 0.15) is 11.3 Å². The molecule has 0 aromatic heterocycles. The number of anilines is 1. The zero-order valence-corrected chi connectivity index (χ0v) is 12.0. The van der Waals surface area contributed by atoms with E-state index in [-0.39, 0.29) is 31.1 Å². The summed E-state index contributed by atoms with van der Waals surface area (Å²) in [7, 11) is 3.35. The van der Waals surface area contributed by atoms with Gasteiger partial charge in [-0.25, -0.2) is 4.79 Å². The van der Waals surface area contributed by atoms with Crippen molar-refractivity contribution in [3.8, 4) is 5.75 Å². The second-order valence-electron chi connectivity index (χ2n) is 4.36. The maximum Gasteiger partial charge on any atom is 0.341 e. The number of nitrogens with two attached hydrogens (primary N) is 1. The van der Waals surface area contributed by atoms with Gasteiger partial charge in [-0.05, 0) is 25.1 Å². The topological polar surface area (TPSA) is 81.9 Å². The summed E-state index contributed by atoms with van der Waals surface area (Å²) in [5.74, 6) is -0.170. The molecule has 0 saturated carbocycles. The minimum absolute atomic E-state index is 0.0434. The Morgan fingerprint density at radius 1 is 1.30 bits per heavy atom. The van der Waals surface area contributed by atoms with E-state index in [4.69, 9.17) is 15.2 Å². The van der Waals surface area contributed by atoms with Gasteiger partial charge in [0.05, 0.1) is 19.6 Å². The van der Waals surface area contributed by atoms with E-state index in [2.05, 4.69) is 0 Å². The molecule has 6 nitrogen and oxygen atoms in total. The highest BCUT2D eigenvalue weighted by Crippen LogP contribution is 2.22. The van der Waals surface area contributed by atoms with Gasteiger partial charge in [0, 0.05) is 19.8 Å². The Morgan fingerprint density at radius 2 is 2.00 bits per heavy atom. The van der Waals surface area contributed by atoms with Gasteiger partial charge in [0.15, 0.2) is 0 Å². The predicted molar refractivity (Wildman–Crippen MR) is 75.6 cm³/mol. The molecule has 20 heavy (non-hydrogen) atoms. The number of hydrogen-bond donors (Lipinski definition) is 1. The van der Waals surface area contributed by atoms with E-state index in [1.165, 1.54) is 11.0 Å². The van der Waals surface area contributed by atoms with Gasteiger partial charge in [-0.1, -0.05) is 0 Å². The Balaban J connectivity index is 2.74. The van der Waals surface area contributed by atoms with Gasteiger partial charge in [-0.3, -0.25) is 4.79 Å². The van der Waals surface area contributed by atoms with Crippen molar-refractivity contribution in [1.29, 1.82) is 0 Å². The molecule has 0 aliphatic rings. The number of ether oxygens (including phenoxy) is 2. The maximum atomic E-state index is 11.8. The first-order chi connectivity index (χ1) is 9.45. The van der Waals surface area contributed by atoms with Crippen LogP contribution in [-0.4, -0.2) is 44.1 Å². The quantitative estimate of drug-likeness (QED) is 0.627. The smallest absolute Gasteiger partial charge is 0.341 e. The van der Waals surface area contributed by atoms with Gasteiger partial charge in [-0.2, -0.15) is 0 Å². The third-order valence-electron chi connectivity index (χ3n) is 2.57. The molecule has 1 rings (SSSR count). The van der Waals surface area contributed by atoms with Crippen LogP contribution in [0.15, 0.2) is 18.2 Å². The van der Waals surface area contributed by atoms with E-state index in [1.807, 2.05) is 0 Å². The standard InChI is InChI=1S/C14H20N2O4/c1-4-19-14(18)11-9-10(15)5-6-12(11)20-8-7-13(17)16(2)3/h5-6,9H,4,7-8,15H2,1-3H3. The third-order valence-corrected chi connectivity index (χ3v) is 2.57. The predicted octanol–water partition coefficient (Wildman–Crippen LogP) is 1.30. The van der Waals surface area contributed by atoms with Crippen LogP contribution < -0.4 is 10.5 Å². The molecule has 1 aromatic carbocycles. The molecular weight excluding hydrogens is 260 g/mol. The summed E-state index contributed by atoms with van der Waals surface area (Å²) in [4.78, 5) is 24.7. The molecule has 110 valence electrons. The van der Waals surface area contributed by atoms with Crippen LogP contribution in [0.5, 0.6) is 5.75 Å². The summed E-state index contributed by atoms with van der Waals surface area (Å²) in [6.07, 6.45) is 0.236. The molecule has 0 heterocycles. The summed E-state index contributed by atoms with van der Waals surface area (Å²) in [5.41, 5.74) is 6.37. The number of carbonyl (C=O) groups excluding carboxylic acids is 2. The molecular formula is C14H20N2O4. The summed E-state index contributed by atoms with van der Waals surface area (Å²) in [6.45, 7) is 2.18. The van der Waals surface area contributed by atoms with Crippen molar-refractivity contribution in [3.05, 3.63) is 23.8 Å². The van der Waals surface area contributed by atoms with E-state index in [9.17, 15) is 9.59 Å². The molecule has 0 atom stereocenters. The van der Waals surface area contributed by atoms with Crippen molar-refractivity contribution < 1.29 is 19.1 Å². The number of amides is 1. The first-order valence-corrected chi connectivity index (χ1v) is 6.35. The second kappa shape index (κ2) is 7.37. The molecule has 6 heteroatoms. The van der Waals surface area contributed by atoms with Crippen LogP contribution in [0.1, 0.15) is 23.7 Å². The Kier molecular flexibility index (Phi) is 5.83. The molecule has 1 amide bonds. The lowest BCUT2D eigenvalue weighted by Gasteiger charge is -2.13. The minimum Gasteiger partial charge on any atom is -0.492 e. The monoisotopic (exact) mass is 280 g/mol. The van der Waals surface area contributed by atoms with Crippen LogP contribution in [0.25, 0.3) is 0 Å². The Bertz CT molecular complexity index is 486. The molecule has 0 aliphatic heterocycles. The zero-order chi connectivity index (χ0) is 15.1. The minimum atomic E-state index is -0.492. The fraction of sp³-hybridized carbons (Fsp3) is 0.429. The molecule has 0 unspecified atom stereocenters. The van der Waals surface area contributed by atoms with Crippen LogP contribution in [0.3, 0.4) is 0 Å². The van der Waals surface area contributed by atoms with Crippen molar-refractivity contribution >= 4 is 17.6 Å². The summed E-state index contributed by atoms with van der Waals surface area (Å²) < 4.78 is 10.4. The fourth-order valence-corrected chi connectivity index (χ4v) is 1.51. The van der Waals surface area contributed by atoms with E-state index in [0.29, 0.717) is 11.4 Å². The van der Waals surface area contributed by atoms with Crippen LogP contribution in [0.4, 0.5) is 5.69 Å². The largest absolute Gasteiger partial charge is 0.492 e. The highest BCUT2D eigenvalue weighted by molar-refractivity contribution is 5.93. The van der Waals surface area contributed by atoms with E-state index in [0.717, 1.165) is 0 Å². The first kappa shape index (κ1) is 15.8. The van der Waals surface area contributed by atoms with Crippen LogP contribution >= 0.6 is 0 Å². The van der Waals surface area contributed by atoms with Gasteiger partial charge in [0.2, 0.25) is 5.91 Å². The molecule has 2 N–H and O–H groups in total. The number of nitrogens with zero attached hydrogens (tertiary/aromatic N) is 1. The van der Waals surface area contributed by atoms with Crippen molar-refractivity contribution in [1.82, 2.24) is 4.90 Å². The molecule has 0 saturated heterocycles. The molecule has 0 bridgehead atoms. The van der Waals surface area contributed by atoms with Crippen LogP contribution in [0, 0.1) is 0 Å². The van der Waals surface area contributed by atoms with Crippen molar-refractivity contribution in [2.24, 2.45) is 0 Å². The van der Waals surface area contributed by atoms with E-state index >= 15 is 0 Å². The summed E-state index contributed by atoms with van der Waals surface area (Å²) in [6, 6.07) is 4.73. The maximum absolute atomic E-state index is 11.8. The normalized spacial score (nSPS) is 9.95.